The number of morpholine rings is 1. The molecule has 14 heteroatoms. The molecule has 0 radical (unpaired) electrons. The van der Waals surface area contributed by atoms with Crippen molar-refractivity contribution in [1.82, 2.24) is 44.1 Å². The number of nitrogens with zero attached hydrogens (tertiary/aromatic N) is 9. The molecule has 0 unspecified atom stereocenters. The molecule has 54 heavy (non-hydrogen) atoms. The minimum absolute atomic E-state index is 0.337. The van der Waals surface area contributed by atoms with Crippen LogP contribution in [-0.2, 0) is 14.6 Å². The van der Waals surface area contributed by atoms with Gasteiger partial charge in [0.1, 0.15) is 0 Å². The average Bonchev–Trinajstić information content (AvgIpc) is 3.56. The molecule has 7 aliphatic heterocycles. The highest BCUT2D eigenvalue weighted by atomic mass is 32.2. The summed E-state index contributed by atoms with van der Waals surface area (Å²) in [4.78, 5) is 20.9. The first-order valence-corrected chi connectivity index (χ1v) is 24.2. The third-order valence-electron chi connectivity index (χ3n) is 11.0. The Hall–Kier alpha value is -0.100. The fourth-order valence-electron chi connectivity index (χ4n) is 6.21. The summed E-state index contributed by atoms with van der Waals surface area (Å²) in [5.74, 6) is 4.31. The van der Waals surface area contributed by atoms with Crippen molar-refractivity contribution in [2.75, 3.05) is 217 Å². The topological polar surface area (TPSA) is 72.5 Å². The highest BCUT2D eigenvalue weighted by Gasteiger charge is 2.18. The molecule has 324 valence electrons. The van der Waals surface area contributed by atoms with E-state index in [2.05, 4.69) is 114 Å². The van der Waals surface area contributed by atoms with E-state index < -0.39 is 9.84 Å². The van der Waals surface area contributed by atoms with Crippen LogP contribution >= 0.6 is 11.8 Å². The van der Waals surface area contributed by atoms with Crippen molar-refractivity contribution in [1.29, 1.82) is 0 Å². The second-order valence-electron chi connectivity index (χ2n) is 16.8. The van der Waals surface area contributed by atoms with Crippen LogP contribution in [0.3, 0.4) is 0 Å². The summed E-state index contributed by atoms with van der Waals surface area (Å²) in [5, 5.41) is 0. The standard InChI is InChI=1S/C7H16N2.C7H15N.C6H14N2.C5H11NO2S.C5H11NO.C5H11NS.C5H11N/c1-8-4-3-5-9(2)7-6-8;2*1-7-3-5-8(2)6-4-7;1-6-2-4-9(7,8)5-3-6;2*1-6-2-4-7-5-3-6;1-6-4-2-3-5-6/h3-7H2,1-2H3;7H,3-6H2,1-2H3;3-6H2,1-2H3;2-5H2,1H3;2*2-5H2,1H3;2-5H2,1H3. The maximum Gasteiger partial charge on any atom is 0.152 e. The summed E-state index contributed by atoms with van der Waals surface area (Å²) in [6, 6.07) is 0. The van der Waals surface area contributed by atoms with Gasteiger partial charge in [-0.3, -0.25) is 0 Å². The number of piperazine rings is 1. The molecule has 7 saturated heterocycles. The van der Waals surface area contributed by atoms with Gasteiger partial charge in [0, 0.05) is 90.0 Å². The van der Waals surface area contributed by atoms with Crippen molar-refractivity contribution in [2.45, 2.75) is 39.0 Å². The van der Waals surface area contributed by atoms with Crippen molar-refractivity contribution >= 4 is 21.6 Å². The number of rotatable bonds is 0. The van der Waals surface area contributed by atoms with E-state index in [-0.39, 0.29) is 0 Å². The van der Waals surface area contributed by atoms with E-state index in [4.69, 9.17) is 4.74 Å². The van der Waals surface area contributed by atoms with Gasteiger partial charge in [-0.25, -0.2) is 8.42 Å². The minimum atomic E-state index is -2.66. The first-order chi connectivity index (χ1) is 25.6. The zero-order chi connectivity index (χ0) is 40.2. The number of thioether (sulfide) groups is 1. The van der Waals surface area contributed by atoms with Crippen molar-refractivity contribution in [3.05, 3.63) is 0 Å². The highest BCUT2D eigenvalue weighted by Crippen LogP contribution is 2.13. The Morgan fingerprint density at radius 3 is 1.02 bits per heavy atom. The van der Waals surface area contributed by atoms with Gasteiger partial charge in [-0.15, -0.1) is 0 Å². The predicted molar refractivity (Wildman–Crippen MR) is 237 cm³/mol. The lowest BCUT2D eigenvalue weighted by Crippen LogP contribution is -2.42. The summed E-state index contributed by atoms with van der Waals surface area (Å²) >= 11 is 2.06. The Morgan fingerprint density at radius 2 is 0.722 bits per heavy atom. The zero-order valence-corrected chi connectivity index (χ0v) is 38.8. The van der Waals surface area contributed by atoms with E-state index in [0.29, 0.717) is 24.6 Å². The molecule has 7 heterocycles. The van der Waals surface area contributed by atoms with Gasteiger partial charge >= 0.3 is 0 Å². The molecule has 0 aromatic carbocycles. The van der Waals surface area contributed by atoms with Gasteiger partial charge in [0.15, 0.2) is 9.84 Å². The summed E-state index contributed by atoms with van der Waals surface area (Å²) in [7, 11) is 16.7. The molecular formula is C40H89N9O3S2. The maximum absolute atomic E-state index is 10.8. The molecule has 0 aromatic rings. The Morgan fingerprint density at radius 1 is 0.407 bits per heavy atom. The molecule has 7 rings (SSSR count). The summed E-state index contributed by atoms with van der Waals surface area (Å²) in [5.41, 5.74) is 0. The zero-order valence-electron chi connectivity index (χ0n) is 37.1. The molecule has 0 spiro atoms. The molecule has 7 fully saturated rings. The predicted octanol–water partition coefficient (Wildman–Crippen LogP) is 2.14. The molecule has 0 atom stereocenters. The molecule has 0 saturated carbocycles. The minimum Gasteiger partial charge on any atom is -0.379 e. The Labute approximate surface area is 340 Å². The summed E-state index contributed by atoms with van der Waals surface area (Å²) in [6.07, 6.45) is 6.95. The van der Waals surface area contributed by atoms with Crippen LogP contribution in [-0.4, -0.2) is 270 Å². The van der Waals surface area contributed by atoms with E-state index in [1.54, 1.807) is 0 Å². The Kier molecular flexibility index (Phi) is 30.6. The van der Waals surface area contributed by atoms with Gasteiger partial charge < -0.3 is 48.8 Å². The van der Waals surface area contributed by atoms with Crippen LogP contribution in [0.4, 0.5) is 0 Å². The smallest absolute Gasteiger partial charge is 0.152 e. The SMILES string of the molecule is CC1CCN(C)CC1.CN1CCCC1.CN1CCCN(C)CC1.CN1CCN(C)CC1.CN1CCOCC1.CN1CCS(=O)(=O)CC1.CN1CCSCC1. The van der Waals surface area contributed by atoms with Crippen LogP contribution in [0.2, 0.25) is 0 Å². The quantitative estimate of drug-likeness (QED) is 0.360. The van der Waals surface area contributed by atoms with Crippen LogP contribution in [0, 0.1) is 5.92 Å². The number of ether oxygens (including phenoxy) is 1. The first-order valence-electron chi connectivity index (χ1n) is 21.2. The van der Waals surface area contributed by atoms with Crippen LogP contribution in [0.1, 0.15) is 39.0 Å². The van der Waals surface area contributed by atoms with Crippen LogP contribution in [0.15, 0.2) is 0 Å². The van der Waals surface area contributed by atoms with E-state index in [1.807, 2.05) is 11.9 Å². The molecule has 0 amide bonds. The van der Waals surface area contributed by atoms with E-state index in [1.165, 1.54) is 135 Å². The normalized spacial score (nSPS) is 26.2. The number of hydrogen-bond donors (Lipinski definition) is 0. The lowest BCUT2D eigenvalue weighted by Gasteiger charge is -2.28. The number of piperidine rings is 1. The molecule has 12 nitrogen and oxygen atoms in total. The van der Waals surface area contributed by atoms with Crippen molar-refractivity contribution in [3.63, 3.8) is 0 Å². The van der Waals surface area contributed by atoms with Gasteiger partial charge in [-0.2, -0.15) is 11.8 Å². The Balaban J connectivity index is 0.000000316. The van der Waals surface area contributed by atoms with Crippen molar-refractivity contribution < 1.29 is 13.2 Å². The summed E-state index contributed by atoms with van der Waals surface area (Å²) < 4.78 is 26.6. The summed E-state index contributed by atoms with van der Waals surface area (Å²) in [6.45, 7) is 25.5. The fourth-order valence-corrected chi connectivity index (χ4v) is 8.68. The largest absolute Gasteiger partial charge is 0.379 e. The second kappa shape index (κ2) is 31.8. The first kappa shape index (κ1) is 51.9. The van der Waals surface area contributed by atoms with E-state index in [9.17, 15) is 8.42 Å². The number of likely N-dealkylation sites (tertiary alicyclic amines) is 2. The highest BCUT2D eigenvalue weighted by molar-refractivity contribution is 7.99. The Bertz CT molecular complexity index is 872. The van der Waals surface area contributed by atoms with Gasteiger partial charge in [0.2, 0.25) is 0 Å². The van der Waals surface area contributed by atoms with E-state index in [0.717, 1.165) is 32.2 Å². The number of hydrogen-bond acceptors (Lipinski definition) is 13. The molecule has 7 aliphatic rings. The van der Waals surface area contributed by atoms with Crippen molar-refractivity contribution in [2.24, 2.45) is 5.92 Å². The van der Waals surface area contributed by atoms with Gasteiger partial charge in [0.05, 0.1) is 24.7 Å². The third kappa shape index (κ3) is 31.0. The van der Waals surface area contributed by atoms with Gasteiger partial charge in [-0.05, 0) is 141 Å². The van der Waals surface area contributed by atoms with Crippen LogP contribution < -0.4 is 0 Å². The third-order valence-corrected chi connectivity index (χ3v) is 13.6. The molecular weight excluding hydrogens is 719 g/mol. The molecule has 0 bridgehead atoms. The second-order valence-corrected chi connectivity index (χ2v) is 20.4. The molecule has 0 aromatic heterocycles. The monoisotopic (exact) mass is 808 g/mol. The number of sulfone groups is 1. The van der Waals surface area contributed by atoms with Gasteiger partial charge in [0.25, 0.3) is 0 Å². The molecule has 0 N–H and O–H groups in total. The van der Waals surface area contributed by atoms with E-state index >= 15 is 0 Å². The molecule has 0 aliphatic carbocycles. The average molecular weight is 808 g/mol. The lowest BCUT2D eigenvalue weighted by molar-refractivity contribution is 0.0503. The van der Waals surface area contributed by atoms with Crippen molar-refractivity contribution in [3.8, 4) is 0 Å². The maximum atomic E-state index is 10.8. The van der Waals surface area contributed by atoms with Gasteiger partial charge in [-0.1, -0.05) is 6.92 Å². The number of likely N-dealkylation sites (N-methyl/N-ethyl adjacent to an activating group) is 5. The lowest BCUT2D eigenvalue weighted by atomic mass is 10.00. The van der Waals surface area contributed by atoms with Crippen LogP contribution in [0.5, 0.6) is 0 Å². The van der Waals surface area contributed by atoms with Crippen LogP contribution in [0.25, 0.3) is 0 Å². The fraction of sp³-hybridized carbons (Fsp3) is 1.00.